The third-order valence-electron chi connectivity index (χ3n) is 5.09. The van der Waals surface area contributed by atoms with E-state index in [0.29, 0.717) is 18.7 Å². The summed E-state index contributed by atoms with van der Waals surface area (Å²) in [7, 11) is -3.82. The Morgan fingerprint density at radius 2 is 1.65 bits per heavy atom. The van der Waals surface area contributed by atoms with E-state index in [9.17, 15) is 33.8 Å². The molecule has 166 valence electrons. The van der Waals surface area contributed by atoms with Gasteiger partial charge in [0.1, 0.15) is 5.69 Å². The van der Waals surface area contributed by atoms with E-state index in [0.717, 1.165) is 25.3 Å². The lowest BCUT2D eigenvalue weighted by Gasteiger charge is -2.25. The zero-order valence-electron chi connectivity index (χ0n) is 16.5. The van der Waals surface area contributed by atoms with E-state index in [1.165, 1.54) is 40.7 Å². The second-order valence-electron chi connectivity index (χ2n) is 7.15. The monoisotopic (exact) mass is 450 g/mol. The fourth-order valence-corrected chi connectivity index (χ4v) is 4.91. The van der Waals surface area contributed by atoms with Gasteiger partial charge in [-0.3, -0.25) is 20.2 Å². The van der Waals surface area contributed by atoms with Crippen molar-refractivity contribution < 1.29 is 23.4 Å². The van der Waals surface area contributed by atoms with Crippen molar-refractivity contribution >= 4 is 27.1 Å². The minimum Gasteiger partial charge on any atom is -0.387 e. The van der Waals surface area contributed by atoms with Crippen LogP contribution in [0.1, 0.15) is 30.9 Å². The molecule has 1 aliphatic rings. The highest BCUT2D eigenvalue weighted by Gasteiger charge is 2.28. The summed E-state index contributed by atoms with van der Waals surface area (Å²) in [6.45, 7) is 0.659. The maximum absolute atomic E-state index is 12.8. The first kappa shape index (κ1) is 22.6. The van der Waals surface area contributed by atoms with Crippen molar-refractivity contribution in [2.75, 3.05) is 25.0 Å². The highest BCUT2D eigenvalue weighted by atomic mass is 32.2. The first-order valence-electron chi connectivity index (χ1n) is 9.65. The van der Waals surface area contributed by atoms with Crippen LogP contribution in [-0.2, 0) is 10.0 Å². The van der Waals surface area contributed by atoms with Gasteiger partial charge >= 0.3 is 0 Å². The van der Waals surface area contributed by atoms with Crippen LogP contribution in [0.15, 0.2) is 47.4 Å². The summed E-state index contributed by atoms with van der Waals surface area (Å²) in [6, 6.07) is 8.92. The largest absolute Gasteiger partial charge is 0.387 e. The van der Waals surface area contributed by atoms with E-state index in [2.05, 4.69) is 5.32 Å². The fraction of sp³-hybridized carbons (Fsp3) is 0.368. The Bertz CT molecular complexity index is 1070. The van der Waals surface area contributed by atoms with Crippen molar-refractivity contribution in [3.63, 3.8) is 0 Å². The van der Waals surface area contributed by atoms with Gasteiger partial charge in [0.25, 0.3) is 11.4 Å². The minimum atomic E-state index is -3.82. The van der Waals surface area contributed by atoms with Crippen LogP contribution >= 0.6 is 0 Å². The lowest BCUT2D eigenvalue weighted by molar-refractivity contribution is -0.384. The maximum Gasteiger partial charge on any atom is 0.293 e. The van der Waals surface area contributed by atoms with Gasteiger partial charge in [-0.2, -0.15) is 4.31 Å². The number of nitrogens with zero attached hydrogens (tertiary/aromatic N) is 3. The Kier molecular flexibility index (Phi) is 6.83. The van der Waals surface area contributed by atoms with Crippen LogP contribution in [0.3, 0.4) is 0 Å². The van der Waals surface area contributed by atoms with Crippen LogP contribution < -0.4 is 5.32 Å². The predicted octanol–water partition coefficient (Wildman–Crippen LogP) is 2.82. The van der Waals surface area contributed by atoms with Crippen molar-refractivity contribution in [2.24, 2.45) is 0 Å². The Morgan fingerprint density at radius 3 is 2.23 bits per heavy atom. The number of nitro groups is 2. The lowest BCUT2D eigenvalue weighted by Crippen LogP contribution is -2.35. The van der Waals surface area contributed by atoms with E-state index in [1.54, 1.807) is 0 Å². The van der Waals surface area contributed by atoms with E-state index >= 15 is 0 Å². The van der Waals surface area contributed by atoms with Gasteiger partial charge in [0.2, 0.25) is 10.0 Å². The number of aliphatic hydroxyl groups excluding tert-OH is 1. The summed E-state index contributed by atoms with van der Waals surface area (Å²) in [5, 5.41) is 35.3. The van der Waals surface area contributed by atoms with Crippen molar-refractivity contribution in [1.82, 2.24) is 4.31 Å². The Labute approximate surface area is 178 Å². The van der Waals surface area contributed by atoms with Crippen LogP contribution in [0.25, 0.3) is 0 Å². The number of anilines is 1. The van der Waals surface area contributed by atoms with Gasteiger partial charge in [-0.1, -0.05) is 6.42 Å². The number of nitrogens with one attached hydrogen (secondary N) is 1. The average molecular weight is 450 g/mol. The first-order chi connectivity index (χ1) is 14.7. The van der Waals surface area contributed by atoms with E-state index in [4.69, 9.17) is 0 Å². The molecule has 1 aliphatic heterocycles. The molecule has 0 saturated carbocycles. The molecule has 0 spiro atoms. The topological polar surface area (TPSA) is 156 Å². The van der Waals surface area contributed by atoms with Gasteiger partial charge in [-0.15, -0.1) is 0 Å². The molecule has 31 heavy (non-hydrogen) atoms. The molecule has 3 rings (SSSR count). The number of sulfonamides is 1. The van der Waals surface area contributed by atoms with Gasteiger partial charge in [0.05, 0.1) is 20.8 Å². The Morgan fingerprint density at radius 1 is 1.00 bits per heavy atom. The molecule has 0 bridgehead atoms. The molecule has 1 unspecified atom stereocenters. The molecule has 1 atom stereocenters. The molecule has 0 aromatic heterocycles. The van der Waals surface area contributed by atoms with Gasteiger partial charge in [0.15, 0.2) is 0 Å². The summed E-state index contributed by atoms with van der Waals surface area (Å²) in [6.07, 6.45) is 1.37. The molecule has 2 aromatic carbocycles. The fourth-order valence-electron chi connectivity index (χ4n) is 3.37. The van der Waals surface area contributed by atoms with Crippen molar-refractivity contribution in [3.8, 4) is 0 Å². The molecule has 11 nitrogen and oxygen atoms in total. The number of nitro benzene ring substituents is 2. The van der Waals surface area contributed by atoms with Gasteiger partial charge in [-0.05, 0) is 42.7 Å². The zero-order chi connectivity index (χ0) is 22.6. The van der Waals surface area contributed by atoms with E-state index in [-0.39, 0.29) is 22.8 Å². The number of piperidine rings is 1. The maximum atomic E-state index is 12.8. The standard InChI is InChI=1S/C19H22N4O7S/c24-19(14-4-6-15(7-5-14)22(25)26)13-20-17-9-8-16(12-18(17)23(27)28)31(29,30)21-10-2-1-3-11-21/h4-9,12,19-20,24H,1-3,10-11,13H2. The van der Waals surface area contributed by atoms with Crippen LogP contribution in [-0.4, -0.2) is 47.3 Å². The zero-order valence-corrected chi connectivity index (χ0v) is 17.3. The molecule has 1 fully saturated rings. The molecular weight excluding hydrogens is 428 g/mol. The molecule has 12 heteroatoms. The average Bonchev–Trinajstić information content (AvgIpc) is 2.77. The molecule has 2 N–H and O–H groups in total. The second kappa shape index (κ2) is 9.37. The number of benzene rings is 2. The normalized spacial score (nSPS) is 15.9. The van der Waals surface area contributed by atoms with Crippen LogP contribution in [0.2, 0.25) is 0 Å². The number of rotatable bonds is 8. The van der Waals surface area contributed by atoms with Crippen LogP contribution in [0, 0.1) is 20.2 Å². The van der Waals surface area contributed by atoms with Crippen LogP contribution in [0.4, 0.5) is 17.1 Å². The predicted molar refractivity (Wildman–Crippen MR) is 112 cm³/mol. The van der Waals surface area contributed by atoms with Gasteiger partial charge in [0, 0.05) is 37.8 Å². The number of hydrogen-bond acceptors (Lipinski definition) is 8. The number of non-ortho nitro benzene ring substituents is 1. The van der Waals surface area contributed by atoms with Gasteiger partial charge < -0.3 is 10.4 Å². The molecule has 0 amide bonds. The Balaban J connectivity index is 1.77. The van der Waals surface area contributed by atoms with E-state index < -0.39 is 31.7 Å². The summed E-state index contributed by atoms with van der Waals surface area (Å²) in [5.74, 6) is 0. The molecule has 1 saturated heterocycles. The highest BCUT2D eigenvalue weighted by Crippen LogP contribution is 2.30. The lowest BCUT2D eigenvalue weighted by atomic mass is 10.1. The Hall–Kier alpha value is -3.09. The molecular formula is C19H22N4O7S. The molecule has 0 radical (unpaired) electrons. The summed E-state index contributed by atoms with van der Waals surface area (Å²) < 4.78 is 26.9. The summed E-state index contributed by atoms with van der Waals surface area (Å²) in [5.41, 5.74) is -0.0901. The third kappa shape index (κ3) is 5.16. The SMILES string of the molecule is O=[N+]([O-])c1ccc(C(O)CNc2ccc(S(=O)(=O)N3CCCCC3)cc2[N+](=O)[O-])cc1. The molecule has 2 aromatic rings. The van der Waals surface area contributed by atoms with Crippen molar-refractivity contribution in [1.29, 1.82) is 0 Å². The highest BCUT2D eigenvalue weighted by molar-refractivity contribution is 7.89. The van der Waals surface area contributed by atoms with Crippen molar-refractivity contribution in [3.05, 3.63) is 68.3 Å². The second-order valence-corrected chi connectivity index (χ2v) is 9.08. The minimum absolute atomic E-state index is 0.0588. The molecule has 1 heterocycles. The molecule has 0 aliphatic carbocycles. The third-order valence-corrected chi connectivity index (χ3v) is 6.99. The summed E-state index contributed by atoms with van der Waals surface area (Å²) in [4.78, 5) is 20.8. The summed E-state index contributed by atoms with van der Waals surface area (Å²) >= 11 is 0. The smallest absolute Gasteiger partial charge is 0.293 e. The first-order valence-corrected chi connectivity index (χ1v) is 11.1. The quantitative estimate of drug-likeness (QED) is 0.459. The number of aliphatic hydroxyl groups is 1. The van der Waals surface area contributed by atoms with Crippen LogP contribution in [0.5, 0.6) is 0 Å². The van der Waals surface area contributed by atoms with Gasteiger partial charge in [-0.25, -0.2) is 8.42 Å². The number of hydrogen-bond donors (Lipinski definition) is 2. The van der Waals surface area contributed by atoms with E-state index in [1.807, 2.05) is 0 Å². The van der Waals surface area contributed by atoms with Crippen molar-refractivity contribution in [2.45, 2.75) is 30.3 Å².